The van der Waals surface area contributed by atoms with Crippen LogP contribution in [0.3, 0.4) is 0 Å². The molecule has 9 heteroatoms. The molecule has 2 unspecified atom stereocenters. The molecule has 1 amide bonds. The van der Waals surface area contributed by atoms with Gasteiger partial charge < -0.3 is 5.32 Å². The lowest BCUT2D eigenvalue weighted by Crippen LogP contribution is -2.39. The van der Waals surface area contributed by atoms with Gasteiger partial charge >= 0.3 is 0 Å². The molecule has 0 spiro atoms. The Morgan fingerprint density at radius 1 is 1.38 bits per heavy atom. The first-order valence-electron chi connectivity index (χ1n) is 7.57. The third-order valence-corrected chi connectivity index (χ3v) is 6.46. The molecule has 0 saturated carbocycles. The number of carbonyl (C=O) groups excluding carboxylic acids is 1. The van der Waals surface area contributed by atoms with Crippen LogP contribution >= 0.6 is 11.8 Å². The number of thioether (sulfide) groups is 1. The number of carbonyl (C=O) groups is 1. The van der Waals surface area contributed by atoms with Crippen LogP contribution < -0.4 is 5.32 Å². The number of nitrogens with zero attached hydrogens (tertiary/aromatic N) is 3. The first-order chi connectivity index (χ1) is 11.4. The Labute approximate surface area is 144 Å². The summed E-state index contributed by atoms with van der Waals surface area (Å²) < 4.78 is 24.5. The molecule has 3 rings (SSSR count). The molecule has 1 fully saturated rings. The smallest absolute Gasteiger partial charge is 0.233 e. The fourth-order valence-electron chi connectivity index (χ4n) is 2.45. The fraction of sp³-hybridized carbons (Fsp3) is 0.400. The van der Waals surface area contributed by atoms with Gasteiger partial charge in [0, 0.05) is 6.04 Å². The van der Waals surface area contributed by atoms with Gasteiger partial charge in [-0.3, -0.25) is 4.79 Å². The van der Waals surface area contributed by atoms with Crippen molar-refractivity contribution in [2.45, 2.75) is 29.8 Å². The maximum atomic E-state index is 12.2. The van der Waals surface area contributed by atoms with Crippen LogP contribution in [-0.4, -0.2) is 51.9 Å². The summed E-state index contributed by atoms with van der Waals surface area (Å²) in [4.78, 5) is 16.4. The molecular formula is C15H18N4O3S2. The highest BCUT2D eigenvalue weighted by Crippen LogP contribution is 2.21. The van der Waals surface area contributed by atoms with Gasteiger partial charge in [-0.1, -0.05) is 30.0 Å². The molecule has 1 aliphatic heterocycles. The molecule has 0 radical (unpaired) electrons. The Morgan fingerprint density at radius 3 is 2.79 bits per heavy atom. The minimum atomic E-state index is -3.00. The number of aromatic nitrogens is 3. The van der Waals surface area contributed by atoms with Crippen molar-refractivity contribution < 1.29 is 13.2 Å². The maximum Gasteiger partial charge on any atom is 0.233 e. The van der Waals surface area contributed by atoms with Gasteiger partial charge in [-0.05, 0) is 25.5 Å². The van der Waals surface area contributed by atoms with Crippen LogP contribution in [0, 0.1) is 0 Å². The van der Waals surface area contributed by atoms with Crippen molar-refractivity contribution in [3.8, 4) is 5.69 Å². The zero-order valence-electron chi connectivity index (χ0n) is 13.1. The number of hydrogen-bond acceptors (Lipinski definition) is 6. The summed E-state index contributed by atoms with van der Waals surface area (Å²) in [5, 5.41) is 7.24. The predicted molar refractivity (Wildman–Crippen MR) is 91.9 cm³/mol. The van der Waals surface area contributed by atoms with E-state index in [9.17, 15) is 13.2 Å². The van der Waals surface area contributed by atoms with Crippen LogP contribution in [0.25, 0.3) is 5.69 Å². The second kappa shape index (κ2) is 6.94. The Morgan fingerprint density at radius 2 is 2.12 bits per heavy atom. The summed E-state index contributed by atoms with van der Waals surface area (Å²) >= 11 is 1.25. The van der Waals surface area contributed by atoms with Crippen molar-refractivity contribution in [1.29, 1.82) is 0 Å². The van der Waals surface area contributed by atoms with E-state index in [0.29, 0.717) is 11.6 Å². The number of hydrogen-bond donors (Lipinski definition) is 1. The molecule has 1 saturated heterocycles. The van der Waals surface area contributed by atoms with E-state index in [-0.39, 0.29) is 23.5 Å². The minimum absolute atomic E-state index is 0.0248. The van der Waals surface area contributed by atoms with Crippen molar-refractivity contribution in [2.75, 3.05) is 11.5 Å². The molecule has 24 heavy (non-hydrogen) atoms. The molecule has 2 atom stereocenters. The number of para-hydroxylation sites is 1. The summed E-state index contributed by atoms with van der Waals surface area (Å²) in [6.07, 6.45) is 2.08. The Kier molecular flexibility index (Phi) is 4.91. The minimum Gasteiger partial charge on any atom is -0.351 e. The first kappa shape index (κ1) is 17.0. The average molecular weight is 366 g/mol. The zero-order chi connectivity index (χ0) is 17.2. The van der Waals surface area contributed by atoms with Crippen molar-refractivity contribution in [2.24, 2.45) is 0 Å². The third kappa shape index (κ3) is 4.15. The molecule has 128 valence electrons. The highest BCUT2D eigenvalue weighted by molar-refractivity contribution is 8.00. The summed E-state index contributed by atoms with van der Waals surface area (Å²) in [6, 6.07) is 9.29. The van der Waals surface area contributed by atoms with Crippen molar-refractivity contribution in [3.63, 3.8) is 0 Å². The lowest BCUT2D eigenvalue weighted by atomic mass is 10.2. The topological polar surface area (TPSA) is 93.9 Å². The monoisotopic (exact) mass is 366 g/mol. The first-order valence-corrected chi connectivity index (χ1v) is 10.3. The number of amides is 1. The van der Waals surface area contributed by atoms with Gasteiger partial charge in [-0.25, -0.2) is 18.1 Å². The SMILES string of the molecule is CC(Sc1ncn(-c2ccccc2)n1)C(=O)NC1CCS(=O)(=O)C1. The van der Waals surface area contributed by atoms with E-state index < -0.39 is 15.1 Å². The van der Waals surface area contributed by atoms with Gasteiger partial charge in [-0.2, -0.15) is 0 Å². The molecule has 1 aromatic carbocycles. The second-order valence-corrected chi connectivity index (χ2v) is 9.21. The normalized spacial score (nSPS) is 20.6. The maximum absolute atomic E-state index is 12.2. The fourth-order valence-corrected chi connectivity index (χ4v) is 4.85. The van der Waals surface area contributed by atoms with Crippen LogP contribution in [-0.2, 0) is 14.6 Å². The molecule has 1 aliphatic rings. The van der Waals surface area contributed by atoms with Crippen LogP contribution in [0.1, 0.15) is 13.3 Å². The highest BCUT2D eigenvalue weighted by Gasteiger charge is 2.30. The van der Waals surface area contributed by atoms with E-state index in [1.165, 1.54) is 11.8 Å². The molecule has 0 bridgehead atoms. The quantitative estimate of drug-likeness (QED) is 0.795. The molecule has 7 nitrogen and oxygen atoms in total. The lowest BCUT2D eigenvalue weighted by molar-refractivity contribution is -0.120. The van der Waals surface area contributed by atoms with Gasteiger partial charge in [0.2, 0.25) is 11.1 Å². The van der Waals surface area contributed by atoms with E-state index in [1.807, 2.05) is 30.3 Å². The standard InChI is InChI=1S/C15H18N4O3S2/c1-11(14(20)17-12-7-8-24(21,22)9-12)23-15-16-10-19(18-15)13-5-3-2-4-6-13/h2-6,10-12H,7-9H2,1H3,(H,17,20). The van der Waals surface area contributed by atoms with E-state index in [1.54, 1.807) is 17.9 Å². The highest BCUT2D eigenvalue weighted by atomic mass is 32.2. The zero-order valence-corrected chi connectivity index (χ0v) is 14.8. The Hall–Kier alpha value is -1.87. The lowest BCUT2D eigenvalue weighted by Gasteiger charge is -2.14. The van der Waals surface area contributed by atoms with Crippen LogP contribution in [0.15, 0.2) is 41.8 Å². The van der Waals surface area contributed by atoms with E-state index in [2.05, 4.69) is 15.4 Å². The molecule has 1 aromatic heterocycles. The van der Waals surface area contributed by atoms with Crippen molar-refractivity contribution in [1.82, 2.24) is 20.1 Å². The number of rotatable bonds is 5. The van der Waals surface area contributed by atoms with E-state index >= 15 is 0 Å². The van der Waals surface area contributed by atoms with E-state index in [0.717, 1.165) is 5.69 Å². The second-order valence-electron chi connectivity index (χ2n) is 5.68. The molecule has 0 aliphatic carbocycles. The van der Waals surface area contributed by atoms with Crippen LogP contribution in [0.4, 0.5) is 0 Å². The van der Waals surface area contributed by atoms with Crippen molar-refractivity contribution in [3.05, 3.63) is 36.7 Å². The predicted octanol–water partition coefficient (Wildman–Crippen LogP) is 1.05. The molecule has 2 aromatic rings. The third-order valence-electron chi connectivity index (χ3n) is 3.72. The van der Waals surface area contributed by atoms with Gasteiger partial charge in [0.1, 0.15) is 6.33 Å². The summed E-state index contributed by atoms with van der Waals surface area (Å²) in [7, 11) is -3.00. The van der Waals surface area contributed by atoms with Gasteiger partial charge in [0.15, 0.2) is 9.84 Å². The summed E-state index contributed by atoms with van der Waals surface area (Å²) in [6.45, 7) is 1.76. The Balaban J connectivity index is 1.58. The summed E-state index contributed by atoms with van der Waals surface area (Å²) in [5.74, 6) is -0.0300. The van der Waals surface area contributed by atoms with Crippen molar-refractivity contribution >= 4 is 27.5 Å². The number of sulfone groups is 1. The van der Waals surface area contributed by atoms with E-state index in [4.69, 9.17) is 0 Å². The van der Waals surface area contributed by atoms with Gasteiger partial charge in [0.25, 0.3) is 0 Å². The number of nitrogens with one attached hydrogen (secondary N) is 1. The molecular weight excluding hydrogens is 348 g/mol. The molecule has 2 heterocycles. The van der Waals surface area contributed by atoms with Crippen LogP contribution in [0.2, 0.25) is 0 Å². The number of benzene rings is 1. The average Bonchev–Trinajstić information content (AvgIpc) is 3.14. The largest absolute Gasteiger partial charge is 0.351 e. The summed E-state index contributed by atoms with van der Waals surface area (Å²) in [5.41, 5.74) is 0.894. The van der Waals surface area contributed by atoms with Gasteiger partial charge in [0.05, 0.1) is 22.4 Å². The van der Waals surface area contributed by atoms with Gasteiger partial charge in [-0.15, -0.1) is 5.10 Å². The van der Waals surface area contributed by atoms with Crippen LogP contribution in [0.5, 0.6) is 0 Å². The Bertz CT molecular complexity index is 820. The molecule has 1 N–H and O–H groups in total.